The number of carbonyl (C=O) groups excluding carboxylic acids is 1. The zero-order chi connectivity index (χ0) is 18.4. The van der Waals surface area contributed by atoms with Crippen LogP contribution < -0.4 is 14.8 Å². The molecule has 0 aliphatic rings. The molecule has 6 nitrogen and oxygen atoms in total. The standard InChI is InChI=1S/C17H19FN2O4S/c1-3-17(21)19-15-11-14(8-9-16(15)24-4-2)25(22,23)20-13-7-5-6-12(18)10-13/h5-11,20H,3-4H2,1-2H3,(H,19,21). The highest BCUT2D eigenvalue weighted by atomic mass is 32.2. The lowest BCUT2D eigenvalue weighted by Crippen LogP contribution is -2.15. The maximum absolute atomic E-state index is 13.2. The Bertz CT molecular complexity index is 869. The summed E-state index contributed by atoms with van der Waals surface area (Å²) in [5.74, 6) is -0.453. The van der Waals surface area contributed by atoms with Gasteiger partial charge in [0.25, 0.3) is 10.0 Å². The van der Waals surface area contributed by atoms with Gasteiger partial charge in [0.05, 0.1) is 22.9 Å². The van der Waals surface area contributed by atoms with E-state index in [9.17, 15) is 17.6 Å². The molecule has 0 bridgehead atoms. The number of ether oxygens (including phenoxy) is 1. The Labute approximate surface area is 146 Å². The molecule has 0 aliphatic carbocycles. The highest BCUT2D eigenvalue weighted by Gasteiger charge is 2.18. The molecule has 2 aromatic rings. The molecular weight excluding hydrogens is 347 g/mol. The van der Waals surface area contributed by atoms with Crippen LogP contribution in [0.1, 0.15) is 20.3 Å². The molecule has 0 fully saturated rings. The second-order valence-electron chi connectivity index (χ2n) is 5.11. The second-order valence-corrected chi connectivity index (χ2v) is 6.79. The molecule has 2 rings (SSSR count). The van der Waals surface area contributed by atoms with Crippen molar-refractivity contribution in [3.8, 4) is 5.75 Å². The predicted octanol–water partition coefficient (Wildman–Crippen LogP) is 3.37. The van der Waals surface area contributed by atoms with Gasteiger partial charge in [-0.3, -0.25) is 9.52 Å². The molecule has 134 valence electrons. The van der Waals surface area contributed by atoms with Crippen LogP contribution in [0.4, 0.5) is 15.8 Å². The van der Waals surface area contributed by atoms with Gasteiger partial charge in [0.15, 0.2) is 0 Å². The zero-order valence-electron chi connectivity index (χ0n) is 13.9. The first-order valence-electron chi connectivity index (χ1n) is 7.70. The molecular formula is C17H19FN2O4S. The number of hydrogen-bond acceptors (Lipinski definition) is 4. The molecule has 0 spiro atoms. The van der Waals surface area contributed by atoms with Crippen LogP contribution in [-0.4, -0.2) is 20.9 Å². The number of carbonyl (C=O) groups is 1. The zero-order valence-corrected chi connectivity index (χ0v) is 14.7. The van der Waals surface area contributed by atoms with Gasteiger partial charge in [0.1, 0.15) is 11.6 Å². The number of halogens is 1. The Morgan fingerprint density at radius 1 is 1.16 bits per heavy atom. The van der Waals surface area contributed by atoms with Gasteiger partial charge in [0, 0.05) is 6.42 Å². The van der Waals surface area contributed by atoms with Gasteiger partial charge < -0.3 is 10.1 Å². The molecule has 25 heavy (non-hydrogen) atoms. The molecule has 0 aliphatic heterocycles. The van der Waals surface area contributed by atoms with E-state index in [-0.39, 0.29) is 28.6 Å². The average molecular weight is 366 g/mol. The molecule has 0 atom stereocenters. The Balaban J connectivity index is 2.36. The van der Waals surface area contributed by atoms with Crippen LogP contribution in [0.3, 0.4) is 0 Å². The number of hydrogen-bond donors (Lipinski definition) is 2. The number of rotatable bonds is 7. The van der Waals surface area contributed by atoms with Gasteiger partial charge in [-0.1, -0.05) is 13.0 Å². The Kier molecular flexibility index (Phi) is 5.97. The normalized spacial score (nSPS) is 11.0. The molecule has 1 amide bonds. The van der Waals surface area contributed by atoms with Gasteiger partial charge in [-0.15, -0.1) is 0 Å². The molecule has 0 saturated carbocycles. The van der Waals surface area contributed by atoms with Crippen molar-refractivity contribution in [3.05, 3.63) is 48.3 Å². The maximum atomic E-state index is 13.2. The van der Waals surface area contributed by atoms with Crippen molar-refractivity contribution >= 4 is 27.3 Å². The fourth-order valence-corrected chi connectivity index (χ4v) is 3.14. The van der Waals surface area contributed by atoms with Crippen molar-refractivity contribution in [2.24, 2.45) is 0 Å². The minimum absolute atomic E-state index is 0.0772. The summed E-state index contributed by atoms with van der Waals surface area (Å²) in [4.78, 5) is 11.6. The van der Waals surface area contributed by atoms with E-state index in [1.54, 1.807) is 13.8 Å². The lowest BCUT2D eigenvalue weighted by molar-refractivity contribution is -0.115. The largest absolute Gasteiger partial charge is 0.492 e. The number of amides is 1. The molecule has 8 heteroatoms. The maximum Gasteiger partial charge on any atom is 0.261 e. The molecule has 0 aromatic heterocycles. The number of nitrogens with one attached hydrogen (secondary N) is 2. The van der Waals surface area contributed by atoms with Crippen molar-refractivity contribution in [2.75, 3.05) is 16.6 Å². The predicted molar refractivity (Wildman–Crippen MR) is 93.7 cm³/mol. The fourth-order valence-electron chi connectivity index (χ4n) is 2.06. The van der Waals surface area contributed by atoms with Crippen molar-refractivity contribution in [2.45, 2.75) is 25.2 Å². The van der Waals surface area contributed by atoms with Crippen molar-refractivity contribution < 1.29 is 22.3 Å². The van der Waals surface area contributed by atoms with E-state index in [2.05, 4.69) is 10.0 Å². The summed E-state index contributed by atoms with van der Waals surface area (Å²) in [6.07, 6.45) is 0.240. The highest BCUT2D eigenvalue weighted by Crippen LogP contribution is 2.29. The minimum atomic E-state index is -3.95. The lowest BCUT2D eigenvalue weighted by atomic mass is 10.3. The van der Waals surface area contributed by atoms with Crippen LogP contribution in [0.15, 0.2) is 47.4 Å². The summed E-state index contributed by atoms with van der Waals surface area (Å²) in [6, 6.07) is 9.26. The molecule has 2 aromatic carbocycles. The van der Waals surface area contributed by atoms with E-state index in [0.29, 0.717) is 12.4 Å². The monoisotopic (exact) mass is 366 g/mol. The molecule has 0 heterocycles. The van der Waals surface area contributed by atoms with Gasteiger partial charge in [-0.25, -0.2) is 12.8 Å². The summed E-state index contributed by atoms with van der Waals surface area (Å²) < 4.78 is 45.9. The third-order valence-corrected chi connectivity index (χ3v) is 4.61. The van der Waals surface area contributed by atoms with Gasteiger partial charge in [-0.05, 0) is 43.3 Å². The van der Waals surface area contributed by atoms with Crippen LogP contribution in [0, 0.1) is 5.82 Å². The summed E-state index contributed by atoms with van der Waals surface area (Å²) >= 11 is 0. The first-order chi connectivity index (χ1) is 11.9. The van der Waals surface area contributed by atoms with Gasteiger partial charge in [0.2, 0.25) is 5.91 Å². The van der Waals surface area contributed by atoms with Gasteiger partial charge >= 0.3 is 0 Å². The number of anilines is 2. The quantitative estimate of drug-likeness (QED) is 0.787. The third-order valence-electron chi connectivity index (χ3n) is 3.23. The topological polar surface area (TPSA) is 84.5 Å². The number of sulfonamides is 1. The molecule has 0 saturated heterocycles. The van der Waals surface area contributed by atoms with Crippen LogP contribution >= 0.6 is 0 Å². The van der Waals surface area contributed by atoms with Crippen LogP contribution in [0.5, 0.6) is 5.75 Å². The average Bonchev–Trinajstić information content (AvgIpc) is 2.56. The van der Waals surface area contributed by atoms with E-state index in [0.717, 1.165) is 6.07 Å². The summed E-state index contributed by atoms with van der Waals surface area (Å²) in [6.45, 7) is 3.83. The first kappa shape index (κ1) is 18.7. The van der Waals surface area contributed by atoms with Gasteiger partial charge in [-0.2, -0.15) is 0 Å². The SMILES string of the molecule is CCOc1ccc(S(=O)(=O)Nc2cccc(F)c2)cc1NC(=O)CC. The van der Waals surface area contributed by atoms with E-state index in [1.165, 1.54) is 36.4 Å². The van der Waals surface area contributed by atoms with E-state index >= 15 is 0 Å². The van der Waals surface area contributed by atoms with E-state index in [4.69, 9.17) is 4.74 Å². The van der Waals surface area contributed by atoms with Crippen LogP contribution in [0.25, 0.3) is 0 Å². The number of benzene rings is 2. The van der Waals surface area contributed by atoms with Crippen LogP contribution in [0.2, 0.25) is 0 Å². The lowest BCUT2D eigenvalue weighted by Gasteiger charge is -2.14. The summed E-state index contributed by atoms with van der Waals surface area (Å²) in [5, 5.41) is 2.61. The van der Waals surface area contributed by atoms with E-state index < -0.39 is 15.8 Å². The van der Waals surface area contributed by atoms with Crippen LogP contribution in [-0.2, 0) is 14.8 Å². The smallest absolute Gasteiger partial charge is 0.261 e. The van der Waals surface area contributed by atoms with Crippen molar-refractivity contribution in [1.82, 2.24) is 0 Å². The van der Waals surface area contributed by atoms with Crippen molar-refractivity contribution in [1.29, 1.82) is 0 Å². The first-order valence-corrected chi connectivity index (χ1v) is 9.19. The second kappa shape index (κ2) is 7.98. The summed E-state index contributed by atoms with van der Waals surface area (Å²) in [7, 11) is -3.95. The van der Waals surface area contributed by atoms with E-state index in [1.807, 2.05) is 0 Å². The molecule has 0 radical (unpaired) electrons. The Morgan fingerprint density at radius 2 is 1.92 bits per heavy atom. The summed E-state index contributed by atoms with van der Waals surface area (Å²) in [5.41, 5.74) is 0.365. The molecule has 0 unspecified atom stereocenters. The Morgan fingerprint density at radius 3 is 2.56 bits per heavy atom. The Hall–Kier alpha value is -2.61. The highest BCUT2D eigenvalue weighted by molar-refractivity contribution is 7.92. The fraction of sp³-hybridized carbons (Fsp3) is 0.235. The third kappa shape index (κ3) is 4.93. The molecule has 2 N–H and O–H groups in total. The minimum Gasteiger partial charge on any atom is -0.492 e. The van der Waals surface area contributed by atoms with Crippen molar-refractivity contribution in [3.63, 3.8) is 0 Å².